The fraction of sp³-hybridized carbons (Fsp3) is 0.239. The number of nitrogens with one attached hydrogen (secondary N) is 6. The number of aryl methyl sites for hydroxylation is 1. The molecule has 3 aromatic heterocycles. The van der Waals surface area contributed by atoms with Gasteiger partial charge in [-0.15, -0.1) is 0 Å². The molecule has 0 aliphatic heterocycles. The van der Waals surface area contributed by atoms with E-state index in [1.807, 2.05) is 153 Å². The number of rotatable bonds is 21. The lowest BCUT2D eigenvalue weighted by Gasteiger charge is -2.15. The van der Waals surface area contributed by atoms with Gasteiger partial charge in [0.1, 0.15) is 17.5 Å². The quantitative estimate of drug-likeness (QED) is 0.0184. The van der Waals surface area contributed by atoms with Gasteiger partial charge in [-0.25, -0.2) is 31.4 Å². The van der Waals surface area contributed by atoms with Crippen molar-refractivity contribution in [2.45, 2.75) is 89.5 Å². The predicted molar refractivity (Wildman–Crippen MR) is 338 cm³/mol. The zero-order valence-corrected chi connectivity index (χ0v) is 48.5. The highest BCUT2D eigenvalue weighted by molar-refractivity contribution is 5.94. The molecule has 2 aliphatic carbocycles. The number of anilines is 3. The van der Waals surface area contributed by atoms with Gasteiger partial charge in [-0.2, -0.15) is 0 Å². The molecule has 0 unspecified atom stereocenters. The smallest absolute Gasteiger partial charge is 0.274 e. The molecule has 2 fully saturated rings. The minimum atomic E-state index is -0.558. The molecule has 2 aliphatic rings. The lowest BCUT2D eigenvalue weighted by atomic mass is 10.1. The van der Waals surface area contributed by atoms with Crippen LogP contribution < -0.4 is 49.1 Å². The van der Waals surface area contributed by atoms with Crippen LogP contribution >= 0.6 is 0 Å². The molecular formula is C67H68N12O9. The van der Waals surface area contributed by atoms with Crippen molar-refractivity contribution in [1.82, 2.24) is 45.1 Å². The number of aromatic nitrogens is 6. The molecule has 0 radical (unpaired) electrons. The number of hydrogen-bond donors (Lipinski definition) is 9. The third kappa shape index (κ3) is 14.5. The zero-order valence-electron chi connectivity index (χ0n) is 48.5. The Morgan fingerprint density at radius 3 is 1.23 bits per heavy atom. The van der Waals surface area contributed by atoms with Gasteiger partial charge in [-0.05, 0) is 149 Å². The minimum absolute atomic E-state index is 0.0640. The molecule has 10 aromatic rings. The molecule has 7 aromatic carbocycles. The summed E-state index contributed by atoms with van der Waals surface area (Å²) in [6, 6.07) is 52.5. The van der Waals surface area contributed by atoms with Crippen LogP contribution in [0.25, 0.3) is 49.8 Å². The summed E-state index contributed by atoms with van der Waals surface area (Å²) >= 11 is 0. The third-order valence-electron chi connectivity index (χ3n) is 15.2. The Kier molecular flexibility index (Phi) is 19.8. The highest BCUT2D eigenvalue weighted by atomic mass is 16.5. The highest BCUT2D eigenvalue weighted by Gasteiger charge is 2.32. The second-order valence-corrected chi connectivity index (χ2v) is 21.5. The Balaban J connectivity index is 0.000000146. The summed E-state index contributed by atoms with van der Waals surface area (Å²) in [4.78, 5) is 88.4. The van der Waals surface area contributed by atoms with Crippen LogP contribution in [0.3, 0.4) is 0 Å². The molecule has 0 saturated heterocycles. The first kappa shape index (κ1) is 60.8. The molecule has 21 heteroatoms. The topological polar surface area (TPSA) is 289 Å². The molecule has 0 bridgehead atoms. The van der Waals surface area contributed by atoms with Gasteiger partial charge >= 0.3 is 0 Å². The molecule has 2 saturated carbocycles. The number of fused-ring (bicyclic) bond motifs is 3. The van der Waals surface area contributed by atoms with E-state index in [9.17, 15) is 28.8 Å². The van der Waals surface area contributed by atoms with E-state index in [1.54, 1.807) is 54.4 Å². The standard InChI is InChI=1S/C25H22N4O3.C22H24N4O3.C20H22N4O3/c30-24(28-32)18-11-9-16(10-12-18)15-26-20-7-4-8-21-22(20)25(31)29(19-5-2-1-3-6-19)23(27-21)17-13-14-17;27-19(25-29)11-4-5-14-23-17-9-6-10-18-20(17)22(28)26(16-7-2-1-3-8-16)21(24-18)15-12-13-15;1-14-22-17-11-7-10-16(21-13-6-5-12-18(25)23-27)19(17)20(26)24(14)15-8-3-2-4-9-15/h1-12,17,26,32H,13-15H2,(H,28,30);1-3,6-10,15,23,29H,4-5,11-14H2,(H,25,27);2-4,7-11,21,27H,5-6,12-13H2,1H3,(H,23,25). The fourth-order valence-corrected chi connectivity index (χ4v) is 10.5. The van der Waals surface area contributed by atoms with E-state index in [0.717, 1.165) is 84.2 Å². The van der Waals surface area contributed by atoms with Gasteiger partial charge in [-0.3, -0.25) is 58.1 Å². The molecule has 0 atom stereocenters. The zero-order chi connectivity index (χ0) is 61.5. The summed E-state index contributed by atoms with van der Waals surface area (Å²) in [5.41, 5.74) is 12.6. The van der Waals surface area contributed by atoms with Gasteiger partial charge in [0.25, 0.3) is 22.6 Å². The summed E-state index contributed by atoms with van der Waals surface area (Å²) in [6.07, 6.45) is 7.49. The predicted octanol–water partition coefficient (Wildman–Crippen LogP) is 10.1. The Morgan fingerprint density at radius 2 is 0.830 bits per heavy atom. The van der Waals surface area contributed by atoms with Gasteiger partial charge in [-0.1, -0.05) is 84.9 Å². The average Bonchev–Trinajstić information content (AvgIpc) is 2.18. The van der Waals surface area contributed by atoms with Crippen molar-refractivity contribution in [1.29, 1.82) is 0 Å². The number of carbonyl (C=O) groups excluding carboxylic acids is 3. The SMILES string of the molecule is Cc1nc2cccc(NCCCCC(=O)NO)c2c(=O)n1-c1ccccc1.O=C(CCCCNc1cccc2nc(C3CC3)n(-c3ccccc3)c(=O)c12)NO.O=C(NO)c1ccc(CNc2cccc3nc(C4CC4)n(-c4ccccc4)c(=O)c23)cc1. The Hall–Kier alpha value is -10.4. The van der Waals surface area contributed by atoms with Crippen LogP contribution in [0.15, 0.2) is 184 Å². The van der Waals surface area contributed by atoms with Crippen LogP contribution in [0.5, 0.6) is 0 Å². The van der Waals surface area contributed by atoms with E-state index in [0.29, 0.717) is 94.1 Å². The Labute approximate surface area is 505 Å². The number of hydrogen-bond acceptors (Lipinski definition) is 15. The van der Waals surface area contributed by atoms with Crippen LogP contribution in [0.1, 0.15) is 109 Å². The van der Waals surface area contributed by atoms with Crippen molar-refractivity contribution >= 4 is 67.5 Å². The number of hydroxylamine groups is 3. The largest absolute Gasteiger partial charge is 0.384 e. The maximum absolute atomic E-state index is 13.7. The summed E-state index contributed by atoms with van der Waals surface area (Å²) < 4.78 is 5.10. The van der Waals surface area contributed by atoms with Crippen molar-refractivity contribution in [3.05, 3.63) is 230 Å². The normalized spacial score (nSPS) is 12.5. The number of carbonyl (C=O) groups is 3. The van der Waals surface area contributed by atoms with Crippen molar-refractivity contribution < 1.29 is 30.0 Å². The summed E-state index contributed by atoms with van der Waals surface area (Å²) in [7, 11) is 0. The lowest BCUT2D eigenvalue weighted by molar-refractivity contribution is -0.129. The minimum Gasteiger partial charge on any atom is -0.384 e. The van der Waals surface area contributed by atoms with E-state index < -0.39 is 17.7 Å². The van der Waals surface area contributed by atoms with Gasteiger partial charge in [0, 0.05) is 66.9 Å². The van der Waals surface area contributed by atoms with Crippen molar-refractivity contribution in [3.63, 3.8) is 0 Å². The van der Waals surface area contributed by atoms with Crippen LogP contribution in [-0.4, -0.2) is 75.1 Å². The second kappa shape index (κ2) is 28.7. The van der Waals surface area contributed by atoms with Crippen LogP contribution in [0.4, 0.5) is 17.1 Å². The maximum Gasteiger partial charge on any atom is 0.274 e. The molecule has 88 heavy (non-hydrogen) atoms. The monoisotopic (exact) mass is 1180 g/mol. The van der Waals surface area contributed by atoms with Gasteiger partial charge < -0.3 is 16.0 Å². The Bertz CT molecular complexity index is 4290. The molecule has 12 rings (SSSR count). The average molecular weight is 1190 g/mol. The van der Waals surface area contributed by atoms with Crippen molar-refractivity contribution in [2.24, 2.45) is 0 Å². The van der Waals surface area contributed by atoms with Gasteiger partial charge in [0.15, 0.2) is 0 Å². The molecule has 0 spiro atoms. The molecular weight excluding hydrogens is 1120 g/mol. The van der Waals surface area contributed by atoms with E-state index >= 15 is 0 Å². The fourth-order valence-electron chi connectivity index (χ4n) is 10.5. The molecule has 9 N–H and O–H groups in total. The molecule has 450 valence electrons. The Morgan fingerprint density at radius 1 is 0.443 bits per heavy atom. The number of nitrogens with zero attached hydrogens (tertiary/aromatic N) is 6. The van der Waals surface area contributed by atoms with Crippen LogP contribution in [0, 0.1) is 6.92 Å². The van der Waals surface area contributed by atoms with Crippen molar-refractivity contribution in [2.75, 3.05) is 29.0 Å². The van der Waals surface area contributed by atoms with Crippen LogP contribution in [-0.2, 0) is 16.1 Å². The first-order valence-electron chi connectivity index (χ1n) is 29.4. The van der Waals surface area contributed by atoms with Crippen molar-refractivity contribution in [3.8, 4) is 17.1 Å². The van der Waals surface area contributed by atoms with Crippen LogP contribution in [0.2, 0.25) is 0 Å². The second-order valence-electron chi connectivity index (χ2n) is 21.5. The van der Waals surface area contributed by atoms with Gasteiger partial charge in [0.05, 0.1) is 49.8 Å². The first-order chi connectivity index (χ1) is 43.0. The van der Waals surface area contributed by atoms with E-state index in [1.165, 1.54) is 0 Å². The summed E-state index contributed by atoms with van der Waals surface area (Å²) in [5, 5.41) is 37.4. The first-order valence-corrected chi connectivity index (χ1v) is 29.4. The number of unbranched alkanes of at least 4 members (excludes halogenated alkanes) is 2. The highest BCUT2D eigenvalue weighted by Crippen LogP contribution is 2.41. The van der Waals surface area contributed by atoms with E-state index in [4.69, 9.17) is 25.6 Å². The van der Waals surface area contributed by atoms with Gasteiger partial charge in [0.2, 0.25) is 11.8 Å². The number of para-hydroxylation sites is 3. The number of amides is 3. The number of benzene rings is 7. The summed E-state index contributed by atoms with van der Waals surface area (Å²) in [5.74, 6) is 1.59. The molecule has 21 nitrogen and oxygen atoms in total. The lowest BCUT2D eigenvalue weighted by Crippen LogP contribution is -2.24. The summed E-state index contributed by atoms with van der Waals surface area (Å²) in [6.45, 7) is 3.51. The van der Waals surface area contributed by atoms with E-state index in [-0.39, 0.29) is 29.5 Å². The third-order valence-corrected chi connectivity index (χ3v) is 15.2. The molecule has 3 heterocycles. The van der Waals surface area contributed by atoms with E-state index in [2.05, 4.69) is 20.9 Å². The molecule has 3 amide bonds. The maximum atomic E-state index is 13.7.